The smallest absolute Gasteiger partial charge is 0.248 e. The summed E-state index contributed by atoms with van der Waals surface area (Å²) < 4.78 is 11.2. The molecule has 0 aliphatic carbocycles. The monoisotopic (exact) mass is 388 g/mol. The predicted molar refractivity (Wildman–Crippen MR) is 109 cm³/mol. The molecular weight excluding hydrogens is 364 g/mol. The molecule has 0 heterocycles. The van der Waals surface area contributed by atoms with Gasteiger partial charge in [0.1, 0.15) is 11.5 Å². The molecule has 0 spiro atoms. The highest BCUT2D eigenvalue weighted by molar-refractivity contribution is 7.99. The number of anilines is 1. The molecule has 7 heteroatoms. The molecule has 2 rings (SSSR count). The van der Waals surface area contributed by atoms with E-state index < -0.39 is 5.91 Å². The van der Waals surface area contributed by atoms with Crippen LogP contribution in [0, 0.1) is 0 Å². The van der Waals surface area contributed by atoms with Crippen molar-refractivity contribution in [2.24, 2.45) is 5.73 Å². The van der Waals surface area contributed by atoms with Crippen molar-refractivity contribution in [2.75, 3.05) is 30.0 Å². The fourth-order valence-corrected chi connectivity index (χ4v) is 2.75. The van der Waals surface area contributed by atoms with Crippen molar-refractivity contribution in [3.8, 4) is 11.5 Å². The zero-order valence-electron chi connectivity index (χ0n) is 15.3. The van der Waals surface area contributed by atoms with Gasteiger partial charge in [-0.05, 0) is 55.0 Å². The summed E-state index contributed by atoms with van der Waals surface area (Å²) in [6.07, 6.45) is 0.974. The van der Waals surface area contributed by atoms with Crippen molar-refractivity contribution in [1.82, 2.24) is 0 Å². The van der Waals surface area contributed by atoms with E-state index in [1.54, 1.807) is 24.3 Å². The summed E-state index contributed by atoms with van der Waals surface area (Å²) in [5.74, 6) is 2.03. The predicted octanol–water partition coefficient (Wildman–Crippen LogP) is 3.33. The molecule has 6 nitrogen and oxygen atoms in total. The summed E-state index contributed by atoms with van der Waals surface area (Å²) in [6.45, 7) is 3.28. The minimum absolute atomic E-state index is 0.107. The maximum Gasteiger partial charge on any atom is 0.248 e. The lowest BCUT2D eigenvalue weighted by molar-refractivity contribution is -0.113. The molecule has 2 aromatic carbocycles. The van der Waals surface area contributed by atoms with Crippen LogP contribution in [0.3, 0.4) is 0 Å². The van der Waals surface area contributed by atoms with Gasteiger partial charge in [0.05, 0.1) is 19.0 Å². The van der Waals surface area contributed by atoms with Crippen molar-refractivity contribution in [3.05, 3.63) is 54.1 Å². The Morgan fingerprint density at radius 2 is 1.56 bits per heavy atom. The number of carbonyl (C=O) groups excluding carboxylic acids is 2. The molecule has 3 N–H and O–H groups in total. The molecule has 0 radical (unpaired) electrons. The Labute approximate surface area is 163 Å². The second kappa shape index (κ2) is 11.1. The molecule has 0 bridgehead atoms. The minimum atomic E-state index is -0.494. The van der Waals surface area contributed by atoms with Crippen LogP contribution in [-0.2, 0) is 4.79 Å². The van der Waals surface area contributed by atoms with Crippen LogP contribution < -0.4 is 20.5 Å². The average molecular weight is 388 g/mol. The first kappa shape index (κ1) is 20.6. The number of hydrogen-bond donors (Lipinski definition) is 2. The Kier molecular flexibility index (Phi) is 8.51. The van der Waals surface area contributed by atoms with Gasteiger partial charge >= 0.3 is 0 Å². The molecule has 27 heavy (non-hydrogen) atoms. The van der Waals surface area contributed by atoms with E-state index in [0.717, 1.165) is 17.9 Å². The van der Waals surface area contributed by atoms with Crippen LogP contribution in [0.25, 0.3) is 0 Å². The normalized spacial score (nSPS) is 10.3. The van der Waals surface area contributed by atoms with Crippen molar-refractivity contribution >= 4 is 29.3 Å². The van der Waals surface area contributed by atoms with Gasteiger partial charge in [-0.3, -0.25) is 9.59 Å². The highest BCUT2D eigenvalue weighted by Gasteiger charge is 2.04. The summed E-state index contributed by atoms with van der Waals surface area (Å²) in [5, 5.41) is 2.77. The first-order chi connectivity index (χ1) is 13.1. The molecule has 2 amide bonds. The molecule has 0 unspecified atom stereocenters. The van der Waals surface area contributed by atoms with Gasteiger partial charge in [0.25, 0.3) is 0 Å². The highest BCUT2D eigenvalue weighted by atomic mass is 32.2. The van der Waals surface area contributed by atoms with E-state index in [2.05, 4.69) is 12.2 Å². The maximum atomic E-state index is 11.9. The van der Waals surface area contributed by atoms with Gasteiger partial charge in [-0.15, -0.1) is 11.8 Å². The lowest BCUT2D eigenvalue weighted by Crippen LogP contribution is -2.15. The van der Waals surface area contributed by atoms with E-state index in [0.29, 0.717) is 36.0 Å². The Hall–Kier alpha value is -2.67. The fourth-order valence-electron chi connectivity index (χ4n) is 2.15. The van der Waals surface area contributed by atoms with E-state index >= 15 is 0 Å². The minimum Gasteiger partial charge on any atom is -0.494 e. The number of primary amides is 1. The Morgan fingerprint density at radius 1 is 0.963 bits per heavy atom. The first-order valence-corrected chi connectivity index (χ1v) is 9.87. The average Bonchev–Trinajstić information content (AvgIpc) is 2.67. The van der Waals surface area contributed by atoms with Crippen LogP contribution in [0.5, 0.6) is 11.5 Å². The lowest BCUT2D eigenvalue weighted by Gasteiger charge is -2.08. The number of nitrogens with two attached hydrogens (primary N) is 1. The summed E-state index contributed by atoms with van der Waals surface area (Å²) in [7, 11) is 0. The number of rotatable bonds is 11. The molecule has 2 aromatic rings. The summed E-state index contributed by atoms with van der Waals surface area (Å²) >= 11 is 1.49. The van der Waals surface area contributed by atoms with E-state index in [-0.39, 0.29) is 5.91 Å². The fraction of sp³-hybridized carbons (Fsp3) is 0.300. The van der Waals surface area contributed by atoms with Gasteiger partial charge < -0.3 is 20.5 Å². The van der Waals surface area contributed by atoms with E-state index in [1.807, 2.05) is 24.3 Å². The number of nitrogens with one attached hydrogen (secondary N) is 1. The SMILES string of the molecule is CCCOc1ccc(OCCSCC(=O)Nc2ccc(C(N)=O)cc2)cc1. The summed E-state index contributed by atoms with van der Waals surface area (Å²) in [5.41, 5.74) is 6.22. The third kappa shape index (κ3) is 7.62. The molecule has 0 fully saturated rings. The van der Waals surface area contributed by atoms with Crippen molar-refractivity contribution in [2.45, 2.75) is 13.3 Å². The van der Waals surface area contributed by atoms with Crippen molar-refractivity contribution in [3.63, 3.8) is 0 Å². The van der Waals surface area contributed by atoms with Crippen LogP contribution in [0.2, 0.25) is 0 Å². The molecule has 0 aliphatic rings. The number of ether oxygens (including phenoxy) is 2. The van der Waals surface area contributed by atoms with Gasteiger partial charge in [0.2, 0.25) is 11.8 Å². The first-order valence-electron chi connectivity index (χ1n) is 8.71. The standard InChI is InChI=1S/C20H24N2O4S/c1-2-11-25-17-7-9-18(10-8-17)26-12-13-27-14-19(23)22-16-5-3-15(4-6-16)20(21)24/h3-10H,2,11-14H2,1H3,(H2,21,24)(H,22,23). The van der Waals surface area contributed by atoms with Crippen LogP contribution in [-0.4, -0.2) is 36.5 Å². The van der Waals surface area contributed by atoms with Crippen LogP contribution in [0.15, 0.2) is 48.5 Å². The van der Waals surface area contributed by atoms with Gasteiger partial charge in [0, 0.05) is 17.0 Å². The third-order valence-electron chi connectivity index (χ3n) is 3.48. The van der Waals surface area contributed by atoms with E-state index in [1.165, 1.54) is 11.8 Å². The number of benzene rings is 2. The van der Waals surface area contributed by atoms with Gasteiger partial charge in [-0.1, -0.05) is 6.92 Å². The highest BCUT2D eigenvalue weighted by Crippen LogP contribution is 2.18. The van der Waals surface area contributed by atoms with Gasteiger partial charge in [-0.2, -0.15) is 0 Å². The molecule has 144 valence electrons. The summed E-state index contributed by atoms with van der Waals surface area (Å²) in [6, 6.07) is 14.0. The van der Waals surface area contributed by atoms with Crippen molar-refractivity contribution < 1.29 is 19.1 Å². The van der Waals surface area contributed by atoms with Crippen LogP contribution >= 0.6 is 11.8 Å². The van der Waals surface area contributed by atoms with E-state index in [9.17, 15) is 9.59 Å². The number of thioether (sulfide) groups is 1. The Morgan fingerprint density at radius 3 is 2.11 bits per heavy atom. The van der Waals surface area contributed by atoms with Crippen LogP contribution in [0.4, 0.5) is 5.69 Å². The maximum absolute atomic E-state index is 11.9. The quantitative estimate of drug-likeness (QED) is 0.576. The second-order valence-corrected chi connectivity index (χ2v) is 6.82. The van der Waals surface area contributed by atoms with Gasteiger partial charge in [0.15, 0.2) is 0 Å². The van der Waals surface area contributed by atoms with Crippen molar-refractivity contribution in [1.29, 1.82) is 0 Å². The molecular formula is C20H24N2O4S. The second-order valence-electron chi connectivity index (χ2n) is 5.71. The largest absolute Gasteiger partial charge is 0.494 e. The molecule has 0 aliphatic heterocycles. The molecule has 0 saturated heterocycles. The Bertz CT molecular complexity index is 733. The zero-order valence-corrected chi connectivity index (χ0v) is 16.1. The number of carbonyl (C=O) groups is 2. The number of hydrogen-bond acceptors (Lipinski definition) is 5. The van der Waals surface area contributed by atoms with E-state index in [4.69, 9.17) is 15.2 Å². The lowest BCUT2D eigenvalue weighted by atomic mass is 10.2. The molecule has 0 atom stereocenters. The van der Waals surface area contributed by atoms with Gasteiger partial charge in [-0.25, -0.2) is 0 Å². The molecule has 0 saturated carbocycles. The Balaban J connectivity index is 1.62. The topological polar surface area (TPSA) is 90.7 Å². The summed E-state index contributed by atoms with van der Waals surface area (Å²) in [4.78, 5) is 22.9. The third-order valence-corrected chi connectivity index (χ3v) is 4.40. The van der Waals surface area contributed by atoms with Crippen LogP contribution in [0.1, 0.15) is 23.7 Å². The number of amides is 2. The zero-order chi connectivity index (χ0) is 19.5. The molecule has 0 aromatic heterocycles.